The molecule has 0 aliphatic heterocycles. The number of benzene rings is 1. The van der Waals surface area contributed by atoms with Crippen LogP contribution in [0.3, 0.4) is 0 Å². The van der Waals surface area contributed by atoms with Crippen LogP contribution in [0.25, 0.3) is 0 Å². The van der Waals surface area contributed by atoms with E-state index in [4.69, 9.17) is 0 Å². The maximum absolute atomic E-state index is 12.4. The molecule has 0 N–H and O–H groups in total. The molecule has 3 nitrogen and oxygen atoms in total. The monoisotopic (exact) mass is 282 g/mol. The van der Waals surface area contributed by atoms with Crippen molar-refractivity contribution in [3.63, 3.8) is 0 Å². The van der Waals surface area contributed by atoms with E-state index in [2.05, 4.69) is 16.8 Å². The quantitative estimate of drug-likeness (QED) is 0.730. The molecule has 1 aromatic carbocycles. The minimum Gasteiger partial charge on any atom is -0.299 e. The van der Waals surface area contributed by atoms with Gasteiger partial charge in [0.25, 0.3) is 0 Å². The van der Waals surface area contributed by atoms with E-state index in [0.29, 0.717) is 0 Å². The van der Waals surface area contributed by atoms with Crippen molar-refractivity contribution in [3.8, 4) is 0 Å². The van der Waals surface area contributed by atoms with Crippen LogP contribution in [0.2, 0.25) is 0 Å². The Labute approximate surface area is 126 Å². The van der Waals surface area contributed by atoms with Crippen molar-refractivity contribution in [1.82, 2.24) is 9.88 Å². The third-order valence-corrected chi connectivity index (χ3v) is 3.64. The molecule has 1 atom stereocenters. The standard InChI is InChI=1S/C18H22N2O/c1-3-20(14-16-9-11-19-12-10-16)13-15(2)18(21)17-7-5-4-6-8-17/h4-12,15H,3,13-14H2,1-2H3. The zero-order chi connectivity index (χ0) is 15.1. The minimum atomic E-state index is -0.00538. The maximum atomic E-state index is 12.4. The molecule has 0 bridgehead atoms. The van der Waals surface area contributed by atoms with Crippen LogP contribution < -0.4 is 0 Å². The van der Waals surface area contributed by atoms with Crippen molar-refractivity contribution >= 4 is 5.78 Å². The second-order valence-corrected chi connectivity index (χ2v) is 5.31. The first kappa shape index (κ1) is 15.4. The molecule has 0 fully saturated rings. The summed E-state index contributed by atoms with van der Waals surface area (Å²) in [5.41, 5.74) is 2.02. The fraction of sp³-hybridized carbons (Fsp3) is 0.333. The Balaban J connectivity index is 1.96. The second-order valence-electron chi connectivity index (χ2n) is 5.31. The topological polar surface area (TPSA) is 33.2 Å². The van der Waals surface area contributed by atoms with E-state index in [1.165, 1.54) is 5.56 Å². The summed E-state index contributed by atoms with van der Waals surface area (Å²) in [6.07, 6.45) is 3.61. The Bertz CT molecular complexity index is 554. The Morgan fingerprint density at radius 2 is 1.81 bits per heavy atom. The lowest BCUT2D eigenvalue weighted by Crippen LogP contribution is -2.31. The number of hydrogen-bond acceptors (Lipinski definition) is 3. The third kappa shape index (κ3) is 4.50. The Hall–Kier alpha value is -2.00. The first-order valence-corrected chi connectivity index (χ1v) is 7.41. The molecule has 3 heteroatoms. The summed E-state index contributed by atoms with van der Waals surface area (Å²) < 4.78 is 0. The number of hydrogen-bond donors (Lipinski definition) is 0. The average molecular weight is 282 g/mol. The minimum absolute atomic E-state index is 0.00538. The van der Waals surface area contributed by atoms with E-state index in [9.17, 15) is 4.79 Å². The number of rotatable bonds is 7. The summed E-state index contributed by atoms with van der Waals surface area (Å²) in [7, 11) is 0. The van der Waals surface area contributed by atoms with Crippen LogP contribution in [0.4, 0.5) is 0 Å². The zero-order valence-electron chi connectivity index (χ0n) is 12.7. The lowest BCUT2D eigenvalue weighted by Gasteiger charge is -2.23. The van der Waals surface area contributed by atoms with Crippen molar-refractivity contribution in [2.75, 3.05) is 13.1 Å². The molecule has 0 spiro atoms. The van der Waals surface area contributed by atoms with E-state index >= 15 is 0 Å². The molecule has 2 aromatic rings. The largest absolute Gasteiger partial charge is 0.299 e. The Morgan fingerprint density at radius 1 is 1.14 bits per heavy atom. The smallest absolute Gasteiger partial charge is 0.166 e. The molecule has 0 radical (unpaired) electrons. The van der Waals surface area contributed by atoms with E-state index in [-0.39, 0.29) is 11.7 Å². The molecule has 0 amide bonds. The van der Waals surface area contributed by atoms with Gasteiger partial charge in [0, 0.05) is 37.0 Å². The highest BCUT2D eigenvalue weighted by atomic mass is 16.1. The van der Waals surface area contributed by atoms with Crippen LogP contribution in [0, 0.1) is 5.92 Å². The first-order valence-electron chi connectivity index (χ1n) is 7.41. The van der Waals surface area contributed by atoms with Gasteiger partial charge in [-0.25, -0.2) is 0 Å². The van der Waals surface area contributed by atoms with Gasteiger partial charge in [0.15, 0.2) is 5.78 Å². The third-order valence-electron chi connectivity index (χ3n) is 3.64. The molecule has 1 heterocycles. The van der Waals surface area contributed by atoms with Crippen LogP contribution in [0.5, 0.6) is 0 Å². The van der Waals surface area contributed by atoms with Gasteiger partial charge in [-0.15, -0.1) is 0 Å². The number of Topliss-reactive ketones (excluding diaryl/α,β-unsaturated/α-hetero) is 1. The molecule has 21 heavy (non-hydrogen) atoms. The predicted molar refractivity (Wildman–Crippen MR) is 85.1 cm³/mol. The van der Waals surface area contributed by atoms with Crippen molar-refractivity contribution in [1.29, 1.82) is 0 Å². The van der Waals surface area contributed by atoms with Gasteiger partial charge in [-0.3, -0.25) is 14.7 Å². The second kappa shape index (κ2) is 7.70. The number of carbonyl (C=O) groups is 1. The average Bonchev–Trinajstić information content (AvgIpc) is 2.55. The fourth-order valence-electron chi connectivity index (χ4n) is 2.41. The van der Waals surface area contributed by atoms with E-state index < -0.39 is 0 Å². The van der Waals surface area contributed by atoms with Gasteiger partial charge in [-0.1, -0.05) is 44.2 Å². The molecule has 0 aliphatic carbocycles. The van der Waals surface area contributed by atoms with Gasteiger partial charge in [0.05, 0.1) is 0 Å². The summed E-state index contributed by atoms with van der Waals surface area (Å²) in [5, 5.41) is 0. The molecule has 2 rings (SSSR count). The van der Waals surface area contributed by atoms with Gasteiger partial charge in [0.1, 0.15) is 0 Å². The first-order chi connectivity index (χ1) is 10.2. The highest BCUT2D eigenvalue weighted by Crippen LogP contribution is 2.12. The van der Waals surface area contributed by atoms with Gasteiger partial charge in [-0.2, -0.15) is 0 Å². The van der Waals surface area contributed by atoms with Gasteiger partial charge >= 0.3 is 0 Å². The van der Waals surface area contributed by atoms with Crippen LogP contribution in [0.15, 0.2) is 54.9 Å². The summed E-state index contributed by atoms with van der Waals surface area (Å²) in [6.45, 7) is 6.68. The molecular weight excluding hydrogens is 260 g/mol. The van der Waals surface area contributed by atoms with Crippen molar-refractivity contribution in [2.45, 2.75) is 20.4 Å². The van der Waals surface area contributed by atoms with Crippen LogP contribution in [0.1, 0.15) is 29.8 Å². The van der Waals surface area contributed by atoms with Gasteiger partial charge in [-0.05, 0) is 24.2 Å². The molecular formula is C18H22N2O. The molecule has 110 valence electrons. The summed E-state index contributed by atoms with van der Waals surface area (Å²) in [5.74, 6) is 0.206. The normalized spacial score (nSPS) is 12.3. The summed E-state index contributed by atoms with van der Waals surface area (Å²) >= 11 is 0. The van der Waals surface area contributed by atoms with E-state index in [1.807, 2.05) is 61.8 Å². The fourth-order valence-corrected chi connectivity index (χ4v) is 2.41. The SMILES string of the molecule is CCN(Cc1ccncc1)CC(C)C(=O)c1ccccc1. The summed E-state index contributed by atoms with van der Waals surface area (Å²) in [4.78, 5) is 18.7. The highest BCUT2D eigenvalue weighted by Gasteiger charge is 2.17. The number of ketones is 1. The molecule has 0 aliphatic rings. The predicted octanol–water partition coefficient (Wildman–Crippen LogP) is 3.42. The number of aromatic nitrogens is 1. The highest BCUT2D eigenvalue weighted by molar-refractivity contribution is 5.97. The van der Waals surface area contributed by atoms with Gasteiger partial charge in [0.2, 0.25) is 0 Å². The lowest BCUT2D eigenvalue weighted by atomic mass is 9.98. The lowest BCUT2D eigenvalue weighted by molar-refractivity contribution is 0.0892. The number of carbonyl (C=O) groups excluding carboxylic acids is 1. The Kier molecular flexibility index (Phi) is 5.64. The van der Waals surface area contributed by atoms with E-state index in [0.717, 1.165) is 25.2 Å². The molecule has 0 saturated heterocycles. The van der Waals surface area contributed by atoms with E-state index in [1.54, 1.807) is 0 Å². The van der Waals surface area contributed by atoms with Crippen LogP contribution >= 0.6 is 0 Å². The zero-order valence-corrected chi connectivity index (χ0v) is 12.7. The van der Waals surface area contributed by atoms with Crippen LogP contribution in [-0.2, 0) is 6.54 Å². The van der Waals surface area contributed by atoms with Gasteiger partial charge < -0.3 is 0 Å². The summed E-state index contributed by atoms with van der Waals surface area (Å²) in [6, 6.07) is 13.6. The van der Waals surface area contributed by atoms with Crippen molar-refractivity contribution in [3.05, 3.63) is 66.0 Å². The number of pyridine rings is 1. The van der Waals surface area contributed by atoms with Crippen molar-refractivity contribution in [2.24, 2.45) is 5.92 Å². The van der Waals surface area contributed by atoms with Crippen molar-refractivity contribution < 1.29 is 4.79 Å². The van der Waals surface area contributed by atoms with Crippen LogP contribution in [-0.4, -0.2) is 28.8 Å². The molecule has 1 aromatic heterocycles. The molecule has 0 saturated carbocycles. The Morgan fingerprint density at radius 3 is 2.43 bits per heavy atom. The molecule has 1 unspecified atom stereocenters. The number of nitrogens with zero attached hydrogens (tertiary/aromatic N) is 2. The maximum Gasteiger partial charge on any atom is 0.166 e.